The van der Waals surface area contributed by atoms with Crippen LogP contribution in [0.1, 0.15) is 66.3 Å². The molecule has 2 aromatic rings. The highest BCUT2D eigenvalue weighted by Crippen LogP contribution is 2.28. The minimum Gasteiger partial charge on any atom is -0.373 e. The van der Waals surface area contributed by atoms with Crippen molar-refractivity contribution in [3.8, 4) is 0 Å². The number of aromatic nitrogens is 2. The minimum atomic E-state index is -0.236. The van der Waals surface area contributed by atoms with Crippen molar-refractivity contribution in [2.45, 2.75) is 71.1 Å². The molecule has 0 N–H and O–H groups in total. The van der Waals surface area contributed by atoms with Gasteiger partial charge >= 0.3 is 0 Å². The van der Waals surface area contributed by atoms with E-state index in [4.69, 9.17) is 9.84 Å². The van der Waals surface area contributed by atoms with Crippen LogP contribution in [0.4, 0.5) is 4.39 Å². The third kappa shape index (κ3) is 4.53. The van der Waals surface area contributed by atoms with E-state index < -0.39 is 0 Å². The van der Waals surface area contributed by atoms with E-state index in [1.54, 1.807) is 12.1 Å². The lowest BCUT2D eigenvalue weighted by Gasteiger charge is -2.27. The molecule has 1 atom stereocenters. The Morgan fingerprint density at radius 3 is 2.69 bits per heavy atom. The number of hydrogen-bond acceptors (Lipinski definition) is 3. The van der Waals surface area contributed by atoms with Crippen molar-refractivity contribution < 1.29 is 13.9 Å². The lowest BCUT2D eigenvalue weighted by atomic mass is 9.92. The van der Waals surface area contributed by atoms with Crippen LogP contribution in [-0.4, -0.2) is 39.8 Å². The maximum absolute atomic E-state index is 13.2. The summed E-state index contributed by atoms with van der Waals surface area (Å²) in [5.41, 5.74) is 3.87. The van der Waals surface area contributed by atoms with Crippen LogP contribution in [0, 0.1) is 5.82 Å². The van der Waals surface area contributed by atoms with Crippen molar-refractivity contribution in [3.05, 3.63) is 52.6 Å². The molecule has 0 spiro atoms. The molecule has 1 aliphatic heterocycles. The van der Waals surface area contributed by atoms with E-state index in [0.29, 0.717) is 12.3 Å². The van der Waals surface area contributed by atoms with Gasteiger partial charge in [0.25, 0.3) is 5.91 Å². The van der Waals surface area contributed by atoms with Crippen LogP contribution in [0.15, 0.2) is 24.3 Å². The highest BCUT2D eigenvalue weighted by molar-refractivity contribution is 5.94. The van der Waals surface area contributed by atoms with Gasteiger partial charge in [0, 0.05) is 37.3 Å². The molecule has 156 valence electrons. The summed E-state index contributed by atoms with van der Waals surface area (Å²) < 4.78 is 21.3. The van der Waals surface area contributed by atoms with E-state index in [1.165, 1.54) is 24.2 Å². The summed E-state index contributed by atoms with van der Waals surface area (Å²) in [5, 5.41) is 4.75. The van der Waals surface area contributed by atoms with E-state index >= 15 is 0 Å². The molecule has 1 aromatic carbocycles. The van der Waals surface area contributed by atoms with E-state index in [-0.39, 0.29) is 17.8 Å². The van der Waals surface area contributed by atoms with Crippen LogP contribution in [0.2, 0.25) is 0 Å². The molecule has 6 heteroatoms. The highest BCUT2D eigenvalue weighted by Gasteiger charge is 2.31. The van der Waals surface area contributed by atoms with Gasteiger partial charge in [-0.05, 0) is 56.2 Å². The monoisotopic (exact) mass is 399 g/mol. The van der Waals surface area contributed by atoms with Crippen LogP contribution in [0.3, 0.4) is 0 Å². The number of ether oxygens (including phenoxy) is 1. The number of amides is 1. The second kappa shape index (κ2) is 9.08. The number of piperidine rings is 1. The van der Waals surface area contributed by atoms with E-state index in [1.807, 2.05) is 9.58 Å². The summed E-state index contributed by atoms with van der Waals surface area (Å²) in [6.07, 6.45) is 6.92. The smallest absolute Gasteiger partial charge is 0.274 e. The molecule has 2 aliphatic rings. The fourth-order valence-electron chi connectivity index (χ4n) is 4.41. The average Bonchev–Trinajstić information content (AvgIpc) is 3.11. The number of benzene rings is 1. The minimum absolute atomic E-state index is 0.0553. The Labute approximate surface area is 171 Å². The first-order chi connectivity index (χ1) is 14.2. The molecule has 1 aliphatic carbocycles. The van der Waals surface area contributed by atoms with Crippen LogP contribution in [0.25, 0.3) is 0 Å². The third-order valence-electron chi connectivity index (χ3n) is 5.98. The number of likely N-dealkylation sites (tertiary alicyclic amines) is 1. The molecule has 0 saturated carbocycles. The van der Waals surface area contributed by atoms with Crippen molar-refractivity contribution in [2.75, 3.05) is 13.1 Å². The van der Waals surface area contributed by atoms with Crippen molar-refractivity contribution in [1.82, 2.24) is 14.7 Å². The molecule has 1 fully saturated rings. The molecule has 1 saturated heterocycles. The number of halogens is 1. The summed E-state index contributed by atoms with van der Waals surface area (Å²) in [4.78, 5) is 15.1. The lowest BCUT2D eigenvalue weighted by Crippen LogP contribution is -2.36. The van der Waals surface area contributed by atoms with Crippen LogP contribution in [-0.2, 0) is 30.7 Å². The second-order valence-electron chi connectivity index (χ2n) is 8.15. The van der Waals surface area contributed by atoms with Gasteiger partial charge < -0.3 is 9.64 Å². The number of rotatable bonds is 6. The molecule has 4 rings (SSSR count). The normalized spacial score (nSPS) is 19.2. The first-order valence-electron chi connectivity index (χ1n) is 10.9. The van der Waals surface area contributed by atoms with Gasteiger partial charge in [-0.15, -0.1) is 0 Å². The Balaban J connectivity index is 1.50. The zero-order chi connectivity index (χ0) is 20.2. The van der Waals surface area contributed by atoms with E-state index in [0.717, 1.165) is 69.3 Å². The Morgan fingerprint density at radius 1 is 1.21 bits per heavy atom. The lowest BCUT2D eigenvalue weighted by molar-refractivity contribution is 0.0312. The maximum Gasteiger partial charge on any atom is 0.274 e. The van der Waals surface area contributed by atoms with Gasteiger partial charge in [-0.1, -0.05) is 19.1 Å². The Morgan fingerprint density at radius 2 is 1.97 bits per heavy atom. The maximum atomic E-state index is 13.2. The highest BCUT2D eigenvalue weighted by atomic mass is 19.1. The third-order valence-corrected chi connectivity index (χ3v) is 5.98. The van der Waals surface area contributed by atoms with Crippen LogP contribution in [0.5, 0.6) is 0 Å². The Bertz CT molecular complexity index is 841. The van der Waals surface area contributed by atoms with Gasteiger partial charge in [0.15, 0.2) is 5.69 Å². The molecule has 0 radical (unpaired) electrons. The number of aryl methyl sites for hydroxylation is 1. The quantitative estimate of drug-likeness (QED) is 0.734. The summed E-state index contributed by atoms with van der Waals surface area (Å²) in [5.74, 6) is -0.157. The first kappa shape index (κ1) is 20.1. The van der Waals surface area contributed by atoms with Crippen molar-refractivity contribution in [3.63, 3.8) is 0 Å². The first-order valence-corrected chi connectivity index (χ1v) is 10.9. The van der Waals surface area contributed by atoms with Crippen LogP contribution >= 0.6 is 0 Å². The number of hydrogen-bond donors (Lipinski definition) is 0. The van der Waals surface area contributed by atoms with Gasteiger partial charge in [-0.2, -0.15) is 5.10 Å². The molecule has 1 aromatic heterocycles. The standard InChI is InChI=1S/C23H30FN3O2/c1-2-12-27-21-11-10-19(29-16-17-6-8-18(24)9-7-17)15-20(21)22(25-27)23(28)26-13-4-3-5-14-26/h6-9,19H,2-5,10-16H2,1H3. The van der Waals surface area contributed by atoms with Gasteiger partial charge in [-0.25, -0.2) is 4.39 Å². The number of carbonyl (C=O) groups is 1. The molecular formula is C23H30FN3O2. The molecular weight excluding hydrogens is 369 g/mol. The number of fused-ring (bicyclic) bond motifs is 1. The second-order valence-corrected chi connectivity index (χ2v) is 8.15. The summed E-state index contributed by atoms with van der Waals surface area (Å²) in [6.45, 7) is 5.10. The topological polar surface area (TPSA) is 47.4 Å². The van der Waals surface area contributed by atoms with Crippen molar-refractivity contribution >= 4 is 5.91 Å². The summed E-state index contributed by atoms with van der Waals surface area (Å²) in [7, 11) is 0. The number of nitrogens with zero attached hydrogens (tertiary/aromatic N) is 3. The predicted molar refractivity (Wildman–Crippen MR) is 109 cm³/mol. The van der Waals surface area contributed by atoms with E-state index in [2.05, 4.69) is 6.92 Å². The average molecular weight is 400 g/mol. The summed E-state index contributed by atoms with van der Waals surface area (Å²) in [6, 6.07) is 6.44. The largest absolute Gasteiger partial charge is 0.373 e. The fraction of sp³-hybridized carbons (Fsp3) is 0.565. The predicted octanol–water partition coefficient (Wildman–Crippen LogP) is 4.13. The number of carbonyl (C=O) groups excluding carboxylic acids is 1. The zero-order valence-corrected chi connectivity index (χ0v) is 17.2. The zero-order valence-electron chi connectivity index (χ0n) is 17.2. The summed E-state index contributed by atoms with van der Waals surface area (Å²) >= 11 is 0. The Hall–Kier alpha value is -2.21. The van der Waals surface area contributed by atoms with E-state index in [9.17, 15) is 9.18 Å². The molecule has 0 bridgehead atoms. The fourth-order valence-corrected chi connectivity index (χ4v) is 4.41. The Kier molecular flexibility index (Phi) is 6.28. The molecule has 2 heterocycles. The molecule has 5 nitrogen and oxygen atoms in total. The van der Waals surface area contributed by atoms with Crippen LogP contribution < -0.4 is 0 Å². The van der Waals surface area contributed by atoms with Crippen molar-refractivity contribution in [2.24, 2.45) is 0 Å². The van der Waals surface area contributed by atoms with Crippen molar-refractivity contribution in [1.29, 1.82) is 0 Å². The SMILES string of the molecule is CCCn1nc(C(=O)N2CCCCC2)c2c1CCC(OCc1ccc(F)cc1)C2. The van der Waals surface area contributed by atoms with Gasteiger partial charge in [0.1, 0.15) is 5.82 Å². The van der Waals surface area contributed by atoms with Gasteiger partial charge in [0.05, 0.1) is 12.7 Å². The molecule has 1 amide bonds. The molecule has 1 unspecified atom stereocenters. The van der Waals surface area contributed by atoms with Gasteiger partial charge in [-0.3, -0.25) is 9.48 Å². The molecule has 29 heavy (non-hydrogen) atoms. The van der Waals surface area contributed by atoms with Gasteiger partial charge in [0.2, 0.25) is 0 Å².